The third-order valence-corrected chi connectivity index (χ3v) is 2.82. The summed E-state index contributed by atoms with van der Waals surface area (Å²) in [4.78, 5) is 10.3. The molecule has 5 heteroatoms. The predicted octanol–water partition coefficient (Wildman–Crippen LogP) is 3.14. The van der Waals surface area contributed by atoms with Crippen LogP contribution in [0.4, 0.5) is 5.69 Å². The lowest BCUT2D eigenvalue weighted by atomic mass is 10.3. The molecule has 0 unspecified atom stereocenters. The Morgan fingerprint density at radius 3 is 2.93 bits per heavy atom. The first-order chi connectivity index (χ1) is 6.66. The summed E-state index contributed by atoms with van der Waals surface area (Å²) >= 11 is 1.29. The molecular formula is C9H13NO3S. The average Bonchev–Trinajstić information content (AvgIpc) is 2.47. The van der Waals surface area contributed by atoms with Gasteiger partial charge in [0.25, 0.3) is 5.06 Å². The van der Waals surface area contributed by atoms with Crippen molar-refractivity contribution in [3.05, 3.63) is 21.1 Å². The maximum Gasteiger partial charge on any atom is 0.325 e. The summed E-state index contributed by atoms with van der Waals surface area (Å²) in [5.41, 5.74) is 0.789. The summed E-state index contributed by atoms with van der Waals surface area (Å²) in [5.74, 6) is 0. The second-order valence-electron chi connectivity index (χ2n) is 3.01. The van der Waals surface area contributed by atoms with Crippen LogP contribution in [0.2, 0.25) is 0 Å². The number of hydrogen-bond acceptors (Lipinski definition) is 4. The smallest absolute Gasteiger partial charge is 0.325 e. The molecular weight excluding hydrogens is 202 g/mol. The monoisotopic (exact) mass is 215 g/mol. The molecule has 0 aliphatic heterocycles. The first kappa shape index (κ1) is 11.0. The van der Waals surface area contributed by atoms with Gasteiger partial charge in [0, 0.05) is 10.9 Å². The van der Waals surface area contributed by atoms with Crippen molar-refractivity contribution >= 4 is 17.0 Å². The molecule has 1 aromatic rings. The van der Waals surface area contributed by atoms with E-state index >= 15 is 0 Å². The van der Waals surface area contributed by atoms with Gasteiger partial charge in [0.2, 0.25) is 0 Å². The van der Waals surface area contributed by atoms with E-state index in [0.717, 1.165) is 12.8 Å². The molecule has 4 nitrogen and oxygen atoms in total. The van der Waals surface area contributed by atoms with Gasteiger partial charge in [-0.25, -0.2) is 0 Å². The fraction of sp³-hybridized carbons (Fsp3) is 0.556. The van der Waals surface area contributed by atoms with E-state index in [1.165, 1.54) is 11.3 Å². The van der Waals surface area contributed by atoms with Crippen molar-refractivity contribution in [1.29, 1.82) is 0 Å². The number of ether oxygens (including phenoxy) is 1. The van der Waals surface area contributed by atoms with Crippen molar-refractivity contribution in [3.63, 3.8) is 0 Å². The minimum atomic E-state index is -0.382. The lowest BCUT2D eigenvalue weighted by molar-refractivity contribution is -0.386. The summed E-state index contributed by atoms with van der Waals surface area (Å²) in [7, 11) is 0. The van der Waals surface area contributed by atoms with Crippen LogP contribution in [-0.4, -0.2) is 11.5 Å². The average molecular weight is 215 g/mol. The number of unbranched alkanes of at least 4 members (excludes halogenated alkanes) is 1. The molecule has 78 valence electrons. The van der Waals surface area contributed by atoms with Gasteiger partial charge < -0.3 is 4.74 Å². The molecule has 14 heavy (non-hydrogen) atoms. The zero-order valence-corrected chi connectivity index (χ0v) is 9.10. The number of aryl methyl sites for hydroxylation is 1. The zero-order valence-electron chi connectivity index (χ0n) is 8.28. The fourth-order valence-electron chi connectivity index (χ4n) is 1.04. The van der Waals surface area contributed by atoms with Gasteiger partial charge in [-0.05, 0) is 13.3 Å². The maximum atomic E-state index is 10.7. The molecule has 0 aliphatic carbocycles. The van der Waals surface area contributed by atoms with Crippen LogP contribution in [0, 0.1) is 17.0 Å². The van der Waals surface area contributed by atoms with Crippen molar-refractivity contribution in [2.45, 2.75) is 26.7 Å². The number of hydrogen-bond donors (Lipinski definition) is 0. The molecule has 0 saturated heterocycles. The Morgan fingerprint density at radius 1 is 1.64 bits per heavy atom. The van der Waals surface area contributed by atoms with Gasteiger partial charge in [-0.2, -0.15) is 0 Å². The standard InChI is InChI=1S/C9H13NO3S/c1-3-4-5-13-9-8(10(11)12)7(2)6-14-9/h6H,3-5H2,1-2H3. The third-order valence-electron chi connectivity index (χ3n) is 1.82. The largest absolute Gasteiger partial charge is 0.479 e. The van der Waals surface area contributed by atoms with Crippen LogP contribution in [0.3, 0.4) is 0 Å². The van der Waals surface area contributed by atoms with Gasteiger partial charge >= 0.3 is 5.69 Å². The highest BCUT2D eigenvalue weighted by molar-refractivity contribution is 7.12. The van der Waals surface area contributed by atoms with Gasteiger partial charge in [0.1, 0.15) is 0 Å². The van der Waals surface area contributed by atoms with E-state index in [1.54, 1.807) is 12.3 Å². The van der Waals surface area contributed by atoms with Crippen molar-refractivity contribution in [2.24, 2.45) is 0 Å². The summed E-state index contributed by atoms with van der Waals surface area (Å²) in [6, 6.07) is 0. The summed E-state index contributed by atoms with van der Waals surface area (Å²) in [5, 5.41) is 12.8. The second kappa shape index (κ2) is 4.95. The zero-order chi connectivity index (χ0) is 10.6. The number of thiophene rings is 1. The third kappa shape index (κ3) is 2.45. The molecule has 1 aromatic heterocycles. The van der Waals surface area contributed by atoms with E-state index in [2.05, 4.69) is 6.92 Å². The Labute approximate surface area is 86.7 Å². The molecule has 0 atom stereocenters. The highest BCUT2D eigenvalue weighted by atomic mass is 32.1. The van der Waals surface area contributed by atoms with E-state index in [4.69, 9.17) is 4.74 Å². The van der Waals surface area contributed by atoms with Gasteiger partial charge in [0.15, 0.2) is 0 Å². The minimum absolute atomic E-state index is 0.117. The van der Waals surface area contributed by atoms with Crippen molar-refractivity contribution in [3.8, 4) is 5.06 Å². The van der Waals surface area contributed by atoms with Crippen molar-refractivity contribution < 1.29 is 9.66 Å². The van der Waals surface area contributed by atoms with E-state index in [0.29, 0.717) is 17.2 Å². The molecule has 0 aromatic carbocycles. The van der Waals surface area contributed by atoms with Gasteiger partial charge in [-0.15, -0.1) is 11.3 Å². The molecule has 0 saturated carbocycles. The van der Waals surface area contributed by atoms with Gasteiger partial charge in [0.05, 0.1) is 11.5 Å². The molecule has 1 rings (SSSR count). The van der Waals surface area contributed by atoms with E-state index in [-0.39, 0.29) is 10.6 Å². The fourth-order valence-corrected chi connectivity index (χ4v) is 1.94. The molecule has 0 spiro atoms. The predicted molar refractivity (Wildman–Crippen MR) is 56.1 cm³/mol. The topological polar surface area (TPSA) is 52.4 Å². The second-order valence-corrected chi connectivity index (χ2v) is 3.86. The van der Waals surface area contributed by atoms with Crippen LogP contribution in [0.1, 0.15) is 25.3 Å². The Bertz CT molecular complexity index is 322. The highest BCUT2D eigenvalue weighted by Crippen LogP contribution is 2.37. The minimum Gasteiger partial charge on any atom is -0.479 e. The number of nitro groups is 1. The van der Waals surface area contributed by atoms with Crippen LogP contribution in [0.15, 0.2) is 5.38 Å². The quantitative estimate of drug-likeness (QED) is 0.430. The Balaban J connectivity index is 2.71. The Hall–Kier alpha value is -1.10. The van der Waals surface area contributed by atoms with Crippen molar-refractivity contribution in [1.82, 2.24) is 0 Å². The molecule has 0 N–H and O–H groups in total. The van der Waals surface area contributed by atoms with Crippen LogP contribution in [0.5, 0.6) is 5.06 Å². The summed E-state index contributed by atoms with van der Waals surface area (Å²) in [6.45, 7) is 4.33. The summed E-state index contributed by atoms with van der Waals surface area (Å²) < 4.78 is 5.34. The van der Waals surface area contributed by atoms with Crippen LogP contribution < -0.4 is 4.74 Å². The van der Waals surface area contributed by atoms with Crippen molar-refractivity contribution in [2.75, 3.05) is 6.61 Å². The van der Waals surface area contributed by atoms with E-state index < -0.39 is 0 Å². The molecule has 0 fully saturated rings. The SMILES string of the molecule is CCCCOc1scc(C)c1[N+](=O)[O-]. The molecule has 0 amide bonds. The molecule has 0 radical (unpaired) electrons. The molecule has 1 heterocycles. The van der Waals surface area contributed by atoms with Gasteiger partial charge in [-0.1, -0.05) is 13.3 Å². The summed E-state index contributed by atoms with van der Waals surface area (Å²) in [6.07, 6.45) is 1.95. The highest BCUT2D eigenvalue weighted by Gasteiger charge is 2.20. The van der Waals surface area contributed by atoms with Crippen LogP contribution >= 0.6 is 11.3 Å². The van der Waals surface area contributed by atoms with Crippen LogP contribution in [-0.2, 0) is 0 Å². The molecule has 0 aliphatic rings. The Kier molecular flexibility index (Phi) is 3.88. The van der Waals surface area contributed by atoms with E-state index in [1.807, 2.05) is 0 Å². The lowest BCUT2D eigenvalue weighted by Gasteiger charge is -2.01. The van der Waals surface area contributed by atoms with E-state index in [9.17, 15) is 10.1 Å². The number of rotatable bonds is 5. The van der Waals surface area contributed by atoms with Gasteiger partial charge in [-0.3, -0.25) is 10.1 Å². The Morgan fingerprint density at radius 2 is 2.36 bits per heavy atom. The number of nitrogens with zero attached hydrogens (tertiary/aromatic N) is 1. The first-order valence-corrected chi connectivity index (χ1v) is 5.40. The van der Waals surface area contributed by atoms with Crippen LogP contribution in [0.25, 0.3) is 0 Å². The maximum absolute atomic E-state index is 10.7. The first-order valence-electron chi connectivity index (χ1n) is 4.52. The molecule has 0 bridgehead atoms. The lowest BCUT2D eigenvalue weighted by Crippen LogP contribution is -1.98. The normalized spacial score (nSPS) is 10.1.